The lowest BCUT2D eigenvalue weighted by Gasteiger charge is -2.34. The fourth-order valence-corrected chi connectivity index (χ4v) is 7.87. The van der Waals surface area contributed by atoms with Crippen LogP contribution in [0.3, 0.4) is 0 Å². The lowest BCUT2D eigenvalue weighted by molar-refractivity contribution is -0.121. The van der Waals surface area contributed by atoms with Crippen LogP contribution in [0.4, 0.5) is 18.7 Å². The maximum absolute atomic E-state index is 15.9. The number of hydrogen-bond donors (Lipinski definition) is 1. The third-order valence-corrected chi connectivity index (χ3v) is 10.4. The molecule has 1 fully saturated rings. The van der Waals surface area contributed by atoms with Crippen molar-refractivity contribution in [2.75, 3.05) is 18.4 Å². The predicted octanol–water partition coefficient (Wildman–Crippen LogP) is 7.05. The Balaban J connectivity index is 1.14. The molecule has 0 aliphatic carbocycles. The summed E-state index contributed by atoms with van der Waals surface area (Å²) < 4.78 is 37.5. The first-order chi connectivity index (χ1) is 23.9. The molecule has 3 amide bonds. The molecule has 1 saturated heterocycles. The molecule has 0 spiro atoms. The van der Waals surface area contributed by atoms with Crippen molar-refractivity contribution in [3.05, 3.63) is 87.7 Å². The van der Waals surface area contributed by atoms with Gasteiger partial charge in [0, 0.05) is 47.9 Å². The summed E-state index contributed by atoms with van der Waals surface area (Å²) in [5.41, 5.74) is 4.35. The van der Waals surface area contributed by atoms with Crippen molar-refractivity contribution in [3.63, 3.8) is 0 Å². The van der Waals surface area contributed by atoms with Gasteiger partial charge in [0.2, 0.25) is 0 Å². The number of benzene rings is 2. The van der Waals surface area contributed by atoms with E-state index in [1.54, 1.807) is 27.1 Å². The van der Waals surface area contributed by atoms with E-state index in [1.807, 2.05) is 26.8 Å². The Morgan fingerprint density at radius 3 is 2.60 bits per heavy atom. The van der Waals surface area contributed by atoms with Gasteiger partial charge in [-0.2, -0.15) is 0 Å². The van der Waals surface area contributed by atoms with Crippen molar-refractivity contribution in [1.82, 2.24) is 24.3 Å². The first-order valence-corrected chi connectivity index (χ1v) is 17.9. The van der Waals surface area contributed by atoms with E-state index in [0.717, 1.165) is 30.4 Å². The molecular formula is C37H40F2N6O4S. The number of imidazole rings is 1. The van der Waals surface area contributed by atoms with Crippen LogP contribution in [-0.2, 0) is 35.5 Å². The summed E-state index contributed by atoms with van der Waals surface area (Å²) in [5.74, 6) is -1.32. The number of carbonyl (C=O) groups excluding carboxylic acids is 3. The van der Waals surface area contributed by atoms with Gasteiger partial charge >= 0.3 is 6.09 Å². The molecule has 3 aliphatic rings. The SMILES string of the molecule is CCc1cc(-c2cc(F)c3c(c2)C(=O)N(C(C(=O)Nc2nccs2)c2ncn4c2C[C@@H](F)C4)C3)ccc1C1CCN(C(=O)OC(C)(C)C)CC1. The quantitative estimate of drug-likeness (QED) is 0.221. The van der Waals surface area contributed by atoms with E-state index in [1.165, 1.54) is 34.2 Å². The van der Waals surface area contributed by atoms with Gasteiger partial charge < -0.3 is 19.1 Å². The van der Waals surface area contributed by atoms with Crippen molar-refractivity contribution < 1.29 is 27.9 Å². The molecule has 2 aromatic heterocycles. The Labute approximate surface area is 293 Å². The number of halogens is 2. The summed E-state index contributed by atoms with van der Waals surface area (Å²) in [6.07, 6.45) is 4.09. The van der Waals surface area contributed by atoms with E-state index in [4.69, 9.17) is 4.74 Å². The Kier molecular flexibility index (Phi) is 8.96. The van der Waals surface area contributed by atoms with Crippen molar-refractivity contribution in [2.24, 2.45) is 0 Å². The second-order valence-corrected chi connectivity index (χ2v) is 15.1. The average Bonchev–Trinajstić information content (AvgIpc) is 3.87. The molecular weight excluding hydrogens is 663 g/mol. The van der Waals surface area contributed by atoms with Crippen LogP contribution in [0.2, 0.25) is 0 Å². The molecule has 4 aromatic rings. The van der Waals surface area contributed by atoms with Crippen LogP contribution in [-0.4, -0.2) is 67.1 Å². The monoisotopic (exact) mass is 702 g/mol. The van der Waals surface area contributed by atoms with Crippen LogP contribution in [0.5, 0.6) is 0 Å². The van der Waals surface area contributed by atoms with Gasteiger partial charge in [-0.3, -0.25) is 14.9 Å². The smallest absolute Gasteiger partial charge is 0.410 e. The van der Waals surface area contributed by atoms with Gasteiger partial charge in [0.25, 0.3) is 11.8 Å². The number of nitrogens with zero attached hydrogens (tertiary/aromatic N) is 5. The summed E-state index contributed by atoms with van der Waals surface area (Å²) in [7, 11) is 0. The number of ether oxygens (including phenoxy) is 1. The second-order valence-electron chi connectivity index (χ2n) is 14.2. The molecule has 7 rings (SSSR count). The number of rotatable bonds is 7. The summed E-state index contributed by atoms with van der Waals surface area (Å²) in [4.78, 5) is 52.1. The van der Waals surface area contributed by atoms with E-state index >= 15 is 4.39 Å². The zero-order chi connectivity index (χ0) is 35.3. The second kappa shape index (κ2) is 13.2. The lowest BCUT2D eigenvalue weighted by atomic mass is 9.84. The molecule has 3 aliphatic heterocycles. The number of piperidine rings is 1. The molecule has 262 valence electrons. The number of fused-ring (bicyclic) bond motifs is 2. The van der Waals surface area contributed by atoms with Gasteiger partial charge in [0.1, 0.15) is 17.6 Å². The topological polar surface area (TPSA) is 110 Å². The average molecular weight is 703 g/mol. The predicted molar refractivity (Wildman–Crippen MR) is 185 cm³/mol. The molecule has 0 bridgehead atoms. The minimum Gasteiger partial charge on any atom is -0.444 e. The summed E-state index contributed by atoms with van der Waals surface area (Å²) >= 11 is 1.23. The minimum atomic E-state index is -1.21. The molecule has 10 nitrogen and oxygen atoms in total. The number of hydrogen-bond acceptors (Lipinski definition) is 7. The molecule has 0 radical (unpaired) electrons. The third-order valence-electron chi connectivity index (χ3n) is 9.73. The van der Waals surface area contributed by atoms with Crippen molar-refractivity contribution in [3.8, 4) is 11.1 Å². The highest BCUT2D eigenvalue weighted by Gasteiger charge is 2.43. The van der Waals surface area contributed by atoms with Crippen LogP contribution in [0, 0.1) is 5.82 Å². The maximum Gasteiger partial charge on any atom is 0.410 e. The van der Waals surface area contributed by atoms with Crippen LogP contribution >= 0.6 is 11.3 Å². The normalized spacial score (nSPS) is 18.3. The Bertz CT molecular complexity index is 1950. The maximum atomic E-state index is 15.9. The van der Waals surface area contributed by atoms with Gasteiger partial charge in [-0.25, -0.2) is 23.5 Å². The Hall–Kier alpha value is -4.65. The fourth-order valence-electron chi connectivity index (χ4n) is 7.34. The summed E-state index contributed by atoms with van der Waals surface area (Å²) in [5, 5.41) is 4.82. The number of nitrogens with one attached hydrogen (secondary N) is 1. The number of likely N-dealkylation sites (tertiary alicyclic amines) is 1. The van der Waals surface area contributed by atoms with Crippen molar-refractivity contribution in [1.29, 1.82) is 0 Å². The number of thiazole rings is 1. The fraction of sp³-hybridized carbons (Fsp3) is 0.432. The van der Waals surface area contributed by atoms with Gasteiger partial charge in [-0.15, -0.1) is 11.3 Å². The van der Waals surface area contributed by atoms with Crippen LogP contribution < -0.4 is 5.32 Å². The lowest BCUT2D eigenvalue weighted by Crippen LogP contribution is -2.41. The summed E-state index contributed by atoms with van der Waals surface area (Å²) in [6.45, 7) is 8.87. The first kappa shape index (κ1) is 33.8. The molecule has 5 heterocycles. The molecule has 2 atom stereocenters. The van der Waals surface area contributed by atoms with Crippen molar-refractivity contribution >= 4 is 34.4 Å². The number of amides is 3. The van der Waals surface area contributed by atoms with E-state index in [0.29, 0.717) is 29.5 Å². The first-order valence-electron chi connectivity index (χ1n) is 17.0. The number of anilines is 1. The molecule has 13 heteroatoms. The minimum absolute atomic E-state index is 0.0719. The molecule has 50 heavy (non-hydrogen) atoms. The van der Waals surface area contributed by atoms with E-state index < -0.39 is 35.4 Å². The van der Waals surface area contributed by atoms with Crippen molar-refractivity contribution in [2.45, 2.75) is 90.2 Å². The molecule has 2 aromatic carbocycles. The highest BCUT2D eigenvalue weighted by molar-refractivity contribution is 7.13. The van der Waals surface area contributed by atoms with Gasteiger partial charge in [-0.1, -0.05) is 25.1 Å². The highest BCUT2D eigenvalue weighted by atomic mass is 32.1. The number of alkyl halides is 1. The molecule has 0 saturated carbocycles. The van der Waals surface area contributed by atoms with Crippen LogP contribution in [0.15, 0.2) is 48.2 Å². The number of carbonyl (C=O) groups is 3. The third kappa shape index (κ3) is 6.50. The van der Waals surface area contributed by atoms with Gasteiger partial charge in [0.05, 0.1) is 25.1 Å². The van der Waals surface area contributed by atoms with Gasteiger partial charge in [-0.05, 0) is 80.3 Å². The Morgan fingerprint density at radius 2 is 1.90 bits per heavy atom. The largest absolute Gasteiger partial charge is 0.444 e. The van der Waals surface area contributed by atoms with E-state index in [-0.39, 0.29) is 48.3 Å². The zero-order valence-corrected chi connectivity index (χ0v) is 29.4. The standard InChI is InChI=1S/C37H40F2N6O4S/c1-5-21-14-23(6-7-26(21)22-8-11-43(12-9-22)36(48)49-37(2,3)4)24-15-27-28(29(39)16-24)19-45(34(27)47)32(33(46)42-35-40-10-13-50-35)31-30-17-25(38)18-44(30)20-41-31/h6-7,10,13-16,20,22,25,32H,5,8-9,11-12,17-19H2,1-4H3,(H,40,42,46)/t25-,32?/m1/s1. The highest BCUT2D eigenvalue weighted by Crippen LogP contribution is 2.39. The van der Waals surface area contributed by atoms with Gasteiger partial charge in [0.15, 0.2) is 11.2 Å². The molecule has 1 N–H and O–H groups in total. The molecule has 1 unspecified atom stereocenters. The summed E-state index contributed by atoms with van der Waals surface area (Å²) in [6, 6.07) is 8.02. The van der Waals surface area contributed by atoms with E-state index in [9.17, 15) is 18.8 Å². The Morgan fingerprint density at radius 1 is 1.12 bits per heavy atom. The number of aromatic nitrogens is 3. The van der Waals surface area contributed by atoms with Crippen LogP contribution in [0.25, 0.3) is 11.1 Å². The zero-order valence-electron chi connectivity index (χ0n) is 28.5. The number of aryl methyl sites for hydroxylation is 1. The van der Waals surface area contributed by atoms with Crippen LogP contribution in [0.1, 0.15) is 90.9 Å². The van der Waals surface area contributed by atoms with E-state index in [2.05, 4.69) is 34.3 Å².